The van der Waals surface area contributed by atoms with Crippen molar-refractivity contribution in [2.75, 3.05) is 0 Å². The molecule has 4 aromatic heterocycles. The summed E-state index contributed by atoms with van der Waals surface area (Å²) >= 11 is 0. The van der Waals surface area contributed by atoms with E-state index in [-0.39, 0.29) is 5.41 Å². The van der Waals surface area contributed by atoms with E-state index in [0.29, 0.717) is 0 Å². The number of hydrogen-bond donors (Lipinski definition) is 0. The SMILES string of the molecule is CC1(C)c2ccccc2-c2cc3c4cc5c(cc4n(-c4ccc6oc7cccc(-c8ccc9c(c8)c8ccccc8n9-c8ccccc8)c7c6c4)c3cc21)oc1ccccc15. The summed E-state index contributed by atoms with van der Waals surface area (Å²) in [5, 5.41) is 9.36. The first kappa shape index (κ1) is 33.1. The Morgan fingerprint density at radius 2 is 1.02 bits per heavy atom. The highest BCUT2D eigenvalue weighted by molar-refractivity contribution is 6.20. The molecule has 4 heteroatoms. The molecule has 61 heavy (non-hydrogen) atoms. The molecule has 0 spiro atoms. The van der Waals surface area contributed by atoms with Crippen molar-refractivity contribution in [3.05, 3.63) is 193 Å². The van der Waals surface area contributed by atoms with Gasteiger partial charge in [0, 0.05) is 65.9 Å². The van der Waals surface area contributed by atoms with Gasteiger partial charge in [-0.1, -0.05) is 111 Å². The lowest BCUT2D eigenvalue weighted by atomic mass is 9.82. The molecule has 0 unspecified atom stereocenters. The summed E-state index contributed by atoms with van der Waals surface area (Å²) in [7, 11) is 0. The molecule has 0 atom stereocenters. The predicted molar refractivity (Wildman–Crippen MR) is 253 cm³/mol. The molecule has 0 fully saturated rings. The molecule has 0 bridgehead atoms. The van der Waals surface area contributed by atoms with E-state index in [2.05, 4.69) is 199 Å². The second kappa shape index (κ2) is 11.7. The van der Waals surface area contributed by atoms with Crippen molar-refractivity contribution in [3.8, 4) is 33.6 Å². The third kappa shape index (κ3) is 4.38. The molecule has 14 rings (SSSR count). The smallest absolute Gasteiger partial charge is 0.137 e. The van der Waals surface area contributed by atoms with Crippen molar-refractivity contribution in [1.82, 2.24) is 9.13 Å². The van der Waals surface area contributed by atoms with Crippen molar-refractivity contribution >= 4 is 87.5 Å². The van der Waals surface area contributed by atoms with E-state index >= 15 is 0 Å². The summed E-state index contributed by atoms with van der Waals surface area (Å²) in [5.41, 5.74) is 18.0. The van der Waals surface area contributed by atoms with E-state index in [1.807, 2.05) is 6.07 Å². The minimum absolute atomic E-state index is 0.140. The molecule has 286 valence electrons. The van der Waals surface area contributed by atoms with Gasteiger partial charge in [0.15, 0.2) is 0 Å². The van der Waals surface area contributed by atoms with Crippen molar-refractivity contribution in [2.45, 2.75) is 19.3 Å². The number of benzene rings is 9. The van der Waals surface area contributed by atoms with Crippen LogP contribution in [0.5, 0.6) is 0 Å². The highest BCUT2D eigenvalue weighted by Crippen LogP contribution is 2.52. The second-order valence-corrected chi connectivity index (χ2v) is 17.3. The first-order valence-electron chi connectivity index (χ1n) is 21.1. The van der Waals surface area contributed by atoms with Crippen LogP contribution >= 0.6 is 0 Å². The molecule has 4 nitrogen and oxygen atoms in total. The highest BCUT2D eigenvalue weighted by atomic mass is 16.3. The van der Waals surface area contributed by atoms with Gasteiger partial charge in [-0.05, 0) is 112 Å². The molecule has 0 aliphatic heterocycles. The molecule has 9 aromatic carbocycles. The van der Waals surface area contributed by atoms with E-state index in [1.54, 1.807) is 0 Å². The van der Waals surface area contributed by atoms with Gasteiger partial charge in [0.25, 0.3) is 0 Å². The molecule has 0 saturated carbocycles. The van der Waals surface area contributed by atoms with E-state index < -0.39 is 0 Å². The van der Waals surface area contributed by atoms with Gasteiger partial charge in [-0.3, -0.25) is 0 Å². The Morgan fingerprint density at radius 3 is 1.93 bits per heavy atom. The van der Waals surface area contributed by atoms with Gasteiger partial charge in [0.05, 0.1) is 22.1 Å². The van der Waals surface area contributed by atoms with Crippen molar-refractivity contribution in [1.29, 1.82) is 0 Å². The maximum Gasteiger partial charge on any atom is 0.137 e. The number of hydrogen-bond acceptors (Lipinski definition) is 2. The van der Waals surface area contributed by atoms with E-state index in [0.717, 1.165) is 71.9 Å². The highest BCUT2D eigenvalue weighted by Gasteiger charge is 2.36. The summed E-state index contributed by atoms with van der Waals surface area (Å²) in [5.74, 6) is 0. The van der Waals surface area contributed by atoms with Crippen LogP contribution in [0.25, 0.3) is 121 Å². The van der Waals surface area contributed by atoms with Crippen LogP contribution in [0.3, 0.4) is 0 Å². The van der Waals surface area contributed by atoms with Gasteiger partial charge in [-0.2, -0.15) is 0 Å². The summed E-state index contributed by atoms with van der Waals surface area (Å²) in [6.07, 6.45) is 0. The van der Waals surface area contributed by atoms with Gasteiger partial charge in [-0.25, -0.2) is 0 Å². The molecule has 0 amide bonds. The molecule has 13 aromatic rings. The lowest BCUT2D eigenvalue weighted by Crippen LogP contribution is -2.14. The topological polar surface area (TPSA) is 36.1 Å². The Hall–Kier alpha value is -7.82. The van der Waals surface area contributed by atoms with E-state index in [4.69, 9.17) is 8.83 Å². The Balaban J connectivity index is 1.03. The molecule has 1 aliphatic carbocycles. The zero-order chi connectivity index (χ0) is 40.1. The van der Waals surface area contributed by atoms with Gasteiger partial charge in [-0.15, -0.1) is 0 Å². The third-order valence-electron chi connectivity index (χ3n) is 13.7. The van der Waals surface area contributed by atoms with Crippen LogP contribution in [0.15, 0.2) is 191 Å². The lowest BCUT2D eigenvalue weighted by Gasteiger charge is -2.21. The molecule has 1 aliphatic rings. The average Bonchev–Trinajstić information content (AvgIpc) is 4.08. The predicted octanol–water partition coefficient (Wildman–Crippen LogP) is 15.7. The van der Waals surface area contributed by atoms with Crippen LogP contribution in [0.2, 0.25) is 0 Å². The van der Waals surface area contributed by atoms with Crippen molar-refractivity contribution in [2.24, 2.45) is 0 Å². The zero-order valence-corrected chi connectivity index (χ0v) is 33.5. The fraction of sp³-hybridized carbons (Fsp3) is 0.0526. The van der Waals surface area contributed by atoms with Gasteiger partial charge < -0.3 is 18.0 Å². The minimum atomic E-state index is -0.140. The van der Waals surface area contributed by atoms with E-state index in [1.165, 1.54) is 60.3 Å². The van der Waals surface area contributed by atoms with Gasteiger partial charge in [0.1, 0.15) is 22.3 Å². The van der Waals surface area contributed by atoms with Crippen LogP contribution in [0, 0.1) is 0 Å². The fourth-order valence-electron chi connectivity index (χ4n) is 10.9. The number of rotatable bonds is 3. The Kier molecular flexibility index (Phi) is 6.33. The Bertz CT molecular complexity index is 4020. The van der Waals surface area contributed by atoms with Crippen LogP contribution in [-0.4, -0.2) is 9.13 Å². The molecule has 0 N–H and O–H groups in total. The minimum Gasteiger partial charge on any atom is -0.456 e. The first-order valence-corrected chi connectivity index (χ1v) is 21.1. The summed E-state index contributed by atoms with van der Waals surface area (Å²) in [6, 6.07) is 66.2. The van der Waals surface area contributed by atoms with Crippen LogP contribution in [0.4, 0.5) is 0 Å². The quantitative estimate of drug-likeness (QED) is 0.179. The van der Waals surface area contributed by atoms with Crippen LogP contribution in [0.1, 0.15) is 25.0 Å². The van der Waals surface area contributed by atoms with Crippen molar-refractivity contribution < 1.29 is 8.83 Å². The summed E-state index contributed by atoms with van der Waals surface area (Å²) < 4.78 is 18.0. The second-order valence-electron chi connectivity index (χ2n) is 17.3. The molecule has 0 saturated heterocycles. The van der Waals surface area contributed by atoms with Crippen LogP contribution < -0.4 is 0 Å². The molecule has 0 radical (unpaired) electrons. The maximum absolute atomic E-state index is 6.67. The van der Waals surface area contributed by atoms with Gasteiger partial charge >= 0.3 is 0 Å². The normalized spacial score (nSPS) is 13.5. The number of fused-ring (bicyclic) bond motifs is 15. The summed E-state index contributed by atoms with van der Waals surface area (Å²) in [4.78, 5) is 0. The monoisotopic (exact) mass is 780 g/mol. The Morgan fingerprint density at radius 1 is 0.344 bits per heavy atom. The fourth-order valence-corrected chi connectivity index (χ4v) is 10.9. The van der Waals surface area contributed by atoms with Crippen molar-refractivity contribution in [3.63, 3.8) is 0 Å². The van der Waals surface area contributed by atoms with E-state index in [9.17, 15) is 0 Å². The Labute approximate surface area is 350 Å². The number of furan rings is 2. The molecular formula is C57H36N2O2. The molecule has 4 heterocycles. The maximum atomic E-state index is 6.67. The number of aromatic nitrogens is 2. The average molecular weight is 781 g/mol. The standard InChI is InChI=1S/C57H36N2O2/c1-57(2)46-19-9-6-15-37(46)40-29-42-43-30-44-39-17-8-11-21-52(39)61-55(44)32-51(43)59(50(42)31-47(40)57)35-24-26-53-45(28-35)56-36(18-12-22-54(56)60-53)33-23-25-49-41(27-33)38-16-7-10-20-48(38)58(49)34-13-4-3-5-14-34/h3-32H,1-2H3. The largest absolute Gasteiger partial charge is 0.456 e. The number of para-hydroxylation sites is 3. The van der Waals surface area contributed by atoms with Crippen LogP contribution in [-0.2, 0) is 5.41 Å². The first-order chi connectivity index (χ1) is 30.0. The molecular weight excluding hydrogens is 745 g/mol. The third-order valence-corrected chi connectivity index (χ3v) is 13.7. The zero-order valence-electron chi connectivity index (χ0n) is 33.5. The lowest BCUT2D eigenvalue weighted by molar-refractivity contribution is 0.661. The van der Waals surface area contributed by atoms with Gasteiger partial charge in [0.2, 0.25) is 0 Å². The summed E-state index contributed by atoms with van der Waals surface area (Å²) in [6.45, 7) is 4.72. The number of nitrogens with zero attached hydrogens (tertiary/aromatic N) is 2.